The van der Waals surface area contributed by atoms with E-state index >= 15 is 0 Å². The van der Waals surface area contributed by atoms with Crippen LogP contribution in [0.2, 0.25) is 0 Å². The number of hydrogen-bond acceptors (Lipinski definition) is 4. The van der Waals surface area contributed by atoms with Crippen LogP contribution in [0.4, 0.5) is 0 Å². The molecule has 0 radical (unpaired) electrons. The van der Waals surface area contributed by atoms with E-state index in [0.29, 0.717) is 0 Å². The summed E-state index contributed by atoms with van der Waals surface area (Å²) in [6, 6.07) is 0. The molecule has 0 saturated carbocycles. The molecular formula is C11H8N4O. The molecule has 1 aromatic rings. The number of carbonyl (C=O) groups is 1. The maximum Gasteiger partial charge on any atom is 0.291 e. The molecule has 0 fully saturated rings. The first-order valence-corrected chi connectivity index (χ1v) is 4.59. The second-order valence-electron chi connectivity index (χ2n) is 2.92. The van der Waals surface area contributed by atoms with Crippen LogP contribution in [-0.2, 0) is 0 Å². The molecular weight excluding hydrogens is 204 g/mol. The Balaban J connectivity index is 1.94. The molecule has 78 valence electrons. The Kier molecular flexibility index (Phi) is 3.01. The molecule has 0 bridgehead atoms. The van der Waals surface area contributed by atoms with E-state index in [2.05, 4.69) is 26.2 Å². The first kappa shape index (κ1) is 10.0. The molecule has 0 saturated heterocycles. The van der Waals surface area contributed by atoms with Gasteiger partial charge in [0.2, 0.25) is 0 Å². The van der Waals surface area contributed by atoms with Gasteiger partial charge in [-0.25, -0.2) is 10.4 Å². The fraction of sp³-hybridized carbons (Fsp3) is 0. The van der Waals surface area contributed by atoms with Gasteiger partial charge < -0.3 is 0 Å². The molecule has 16 heavy (non-hydrogen) atoms. The highest BCUT2D eigenvalue weighted by molar-refractivity contribution is 5.93. The van der Waals surface area contributed by atoms with E-state index in [-0.39, 0.29) is 5.69 Å². The molecule has 1 aromatic heterocycles. The predicted molar refractivity (Wildman–Crippen MR) is 58.7 cm³/mol. The Morgan fingerprint density at radius 1 is 1.50 bits per heavy atom. The maximum absolute atomic E-state index is 11.4. The number of aromatic nitrogens is 2. The smallest absolute Gasteiger partial charge is 0.265 e. The standard InChI is InChI=1S/C11H8N4O/c16-11(10-8-12-5-6-13-10)15-14-7-9-3-1-2-4-9/h1-3,5-8H,(H,15,16)/b14-7+. The van der Waals surface area contributed by atoms with E-state index in [0.717, 1.165) is 5.57 Å². The molecule has 0 aliphatic heterocycles. The van der Waals surface area contributed by atoms with Gasteiger partial charge >= 0.3 is 0 Å². The topological polar surface area (TPSA) is 67.2 Å². The molecule has 0 atom stereocenters. The molecule has 0 aromatic carbocycles. The quantitative estimate of drug-likeness (QED) is 0.458. The van der Waals surface area contributed by atoms with Crippen molar-refractivity contribution in [3.8, 4) is 0 Å². The lowest BCUT2D eigenvalue weighted by Crippen LogP contribution is -2.19. The van der Waals surface area contributed by atoms with Crippen LogP contribution in [0.1, 0.15) is 10.5 Å². The van der Waals surface area contributed by atoms with Crippen molar-refractivity contribution in [1.82, 2.24) is 15.4 Å². The largest absolute Gasteiger partial charge is 0.291 e. The summed E-state index contributed by atoms with van der Waals surface area (Å²) in [6.07, 6.45) is 11.3. The summed E-state index contributed by atoms with van der Waals surface area (Å²) in [6.45, 7) is 0. The summed E-state index contributed by atoms with van der Waals surface area (Å²) in [5.41, 5.74) is 6.30. The second kappa shape index (κ2) is 4.82. The van der Waals surface area contributed by atoms with Crippen molar-refractivity contribution >= 4 is 12.1 Å². The zero-order valence-corrected chi connectivity index (χ0v) is 8.29. The summed E-state index contributed by atoms with van der Waals surface area (Å²) in [4.78, 5) is 19.1. The Morgan fingerprint density at radius 2 is 2.44 bits per heavy atom. The van der Waals surface area contributed by atoms with Gasteiger partial charge in [0.15, 0.2) is 0 Å². The Morgan fingerprint density at radius 3 is 3.12 bits per heavy atom. The van der Waals surface area contributed by atoms with Gasteiger partial charge in [0.1, 0.15) is 5.69 Å². The Hall–Kier alpha value is -2.52. The van der Waals surface area contributed by atoms with E-state index in [1.165, 1.54) is 24.8 Å². The number of allylic oxidation sites excluding steroid dienone is 3. The molecule has 1 amide bonds. The molecule has 1 heterocycles. The van der Waals surface area contributed by atoms with Crippen LogP contribution in [0.25, 0.3) is 0 Å². The molecule has 1 aliphatic carbocycles. The number of nitrogens with zero attached hydrogens (tertiary/aromatic N) is 3. The van der Waals surface area contributed by atoms with Crippen LogP contribution in [0, 0.1) is 0 Å². The van der Waals surface area contributed by atoms with Gasteiger partial charge in [0.25, 0.3) is 5.91 Å². The van der Waals surface area contributed by atoms with Gasteiger partial charge in [0.05, 0.1) is 12.4 Å². The van der Waals surface area contributed by atoms with E-state index in [1.807, 2.05) is 12.2 Å². The molecule has 5 heteroatoms. The van der Waals surface area contributed by atoms with Crippen LogP contribution in [0.3, 0.4) is 0 Å². The first-order valence-electron chi connectivity index (χ1n) is 4.59. The molecule has 0 spiro atoms. The molecule has 5 nitrogen and oxygen atoms in total. The molecule has 2 rings (SSSR count). The zero-order chi connectivity index (χ0) is 11.2. The lowest BCUT2D eigenvalue weighted by Gasteiger charge is -1.96. The number of rotatable bonds is 3. The second-order valence-corrected chi connectivity index (χ2v) is 2.92. The van der Waals surface area contributed by atoms with Gasteiger partial charge in [0, 0.05) is 18.0 Å². The highest BCUT2D eigenvalue weighted by Crippen LogP contribution is 1.97. The Labute approximate surface area is 91.9 Å². The third-order valence-corrected chi connectivity index (χ3v) is 1.79. The first-order chi connectivity index (χ1) is 7.86. The minimum Gasteiger partial charge on any atom is -0.265 e. The predicted octanol–water partition coefficient (Wildman–Crippen LogP) is 0.843. The van der Waals surface area contributed by atoms with Crippen molar-refractivity contribution in [3.63, 3.8) is 0 Å². The molecule has 1 aliphatic rings. The third-order valence-electron chi connectivity index (χ3n) is 1.79. The lowest BCUT2D eigenvalue weighted by atomic mass is 10.3. The summed E-state index contributed by atoms with van der Waals surface area (Å²) < 4.78 is 0. The van der Waals surface area contributed by atoms with Crippen LogP contribution >= 0.6 is 0 Å². The van der Waals surface area contributed by atoms with Crippen molar-refractivity contribution in [2.45, 2.75) is 0 Å². The van der Waals surface area contributed by atoms with Gasteiger partial charge in [-0.2, -0.15) is 5.10 Å². The zero-order valence-electron chi connectivity index (χ0n) is 8.29. The highest BCUT2D eigenvalue weighted by Gasteiger charge is 2.04. The van der Waals surface area contributed by atoms with E-state index in [9.17, 15) is 4.79 Å². The van der Waals surface area contributed by atoms with Crippen LogP contribution in [0.5, 0.6) is 0 Å². The third kappa shape index (κ3) is 2.50. The van der Waals surface area contributed by atoms with Crippen molar-refractivity contribution in [1.29, 1.82) is 0 Å². The van der Waals surface area contributed by atoms with E-state index < -0.39 is 5.91 Å². The van der Waals surface area contributed by atoms with Crippen LogP contribution < -0.4 is 5.43 Å². The summed E-state index contributed by atoms with van der Waals surface area (Å²) in [7, 11) is 0. The summed E-state index contributed by atoms with van der Waals surface area (Å²) in [5.74, 6) is -0.393. The summed E-state index contributed by atoms with van der Waals surface area (Å²) in [5, 5.41) is 3.77. The number of amides is 1. The van der Waals surface area contributed by atoms with E-state index in [4.69, 9.17) is 0 Å². The van der Waals surface area contributed by atoms with Crippen LogP contribution in [0.15, 0.2) is 53.2 Å². The highest BCUT2D eigenvalue weighted by atomic mass is 16.2. The van der Waals surface area contributed by atoms with Crippen molar-refractivity contribution in [2.24, 2.45) is 5.10 Å². The Bertz CT molecular complexity index is 510. The number of nitrogens with one attached hydrogen (secondary N) is 1. The van der Waals surface area contributed by atoms with Crippen molar-refractivity contribution in [3.05, 3.63) is 53.8 Å². The van der Waals surface area contributed by atoms with Gasteiger partial charge in [-0.15, -0.1) is 5.73 Å². The maximum atomic E-state index is 11.4. The van der Waals surface area contributed by atoms with Crippen LogP contribution in [-0.4, -0.2) is 22.1 Å². The fourth-order valence-corrected chi connectivity index (χ4v) is 1.06. The molecule has 0 unspecified atom stereocenters. The minimum absolute atomic E-state index is 0.228. The van der Waals surface area contributed by atoms with Crippen molar-refractivity contribution < 1.29 is 4.79 Å². The average Bonchev–Trinajstić information content (AvgIpc) is 2.83. The number of carbonyl (C=O) groups excluding carboxylic acids is 1. The normalized spacial score (nSPS) is 13.1. The summed E-state index contributed by atoms with van der Waals surface area (Å²) >= 11 is 0. The molecule has 1 N–H and O–H groups in total. The fourth-order valence-electron chi connectivity index (χ4n) is 1.06. The number of hydrogen-bond donors (Lipinski definition) is 1. The van der Waals surface area contributed by atoms with E-state index in [1.54, 1.807) is 6.08 Å². The monoisotopic (exact) mass is 212 g/mol. The van der Waals surface area contributed by atoms with Gasteiger partial charge in [-0.1, -0.05) is 6.08 Å². The number of hydrazone groups is 1. The lowest BCUT2D eigenvalue weighted by molar-refractivity contribution is 0.0950. The van der Waals surface area contributed by atoms with Gasteiger partial charge in [-0.05, 0) is 12.2 Å². The average molecular weight is 212 g/mol. The SMILES string of the molecule is O=C(N/N=C/C1=C=CC=C1)c1cnccn1. The minimum atomic E-state index is -0.393. The van der Waals surface area contributed by atoms with Gasteiger partial charge in [-0.3, -0.25) is 9.78 Å². The van der Waals surface area contributed by atoms with Crippen molar-refractivity contribution in [2.75, 3.05) is 0 Å².